The average molecular weight is 251 g/mol. The molecule has 2 N–H and O–H groups in total. The second kappa shape index (κ2) is 5.91. The van der Waals surface area contributed by atoms with E-state index >= 15 is 0 Å². The van der Waals surface area contributed by atoms with E-state index in [0.717, 1.165) is 25.8 Å². The number of amides is 1. The number of carbonyl (C=O) groups excluding carboxylic acids is 1. The van der Waals surface area contributed by atoms with Crippen molar-refractivity contribution in [3.8, 4) is 0 Å². The van der Waals surface area contributed by atoms with Crippen LogP contribution in [0.1, 0.15) is 26.2 Å². The smallest absolute Gasteiger partial charge is 0.241 e. The molecule has 1 saturated heterocycles. The van der Waals surface area contributed by atoms with Gasteiger partial charge in [0.2, 0.25) is 11.9 Å². The lowest BCUT2D eigenvalue weighted by Crippen LogP contribution is -2.46. The summed E-state index contributed by atoms with van der Waals surface area (Å²) >= 11 is 0. The highest BCUT2D eigenvalue weighted by Crippen LogP contribution is 2.20. The van der Waals surface area contributed by atoms with Gasteiger partial charge in [0.05, 0.1) is 17.9 Å². The third kappa shape index (κ3) is 3.26. The standard InChI is InChI=1S/C13H18FN3O/c1-2-9-5-6-15-11(7-9)13(18)17-10-3-4-12(14)16-8-10/h3-4,8-9,11,15H,2,5-7H2,1H3,(H,17,18). The minimum Gasteiger partial charge on any atom is -0.323 e. The molecule has 1 amide bonds. The Balaban J connectivity index is 1.93. The van der Waals surface area contributed by atoms with Crippen LogP contribution in [0.5, 0.6) is 0 Å². The van der Waals surface area contributed by atoms with Crippen molar-refractivity contribution in [1.29, 1.82) is 0 Å². The number of hydrogen-bond donors (Lipinski definition) is 2. The Morgan fingerprint density at radius 1 is 1.61 bits per heavy atom. The summed E-state index contributed by atoms with van der Waals surface area (Å²) in [6.07, 6.45) is 4.41. The Labute approximate surface area is 106 Å². The van der Waals surface area contributed by atoms with E-state index in [0.29, 0.717) is 11.6 Å². The van der Waals surface area contributed by atoms with Crippen LogP contribution in [0.2, 0.25) is 0 Å². The van der Waals surface area contributed by atoms with Gasteiger partial charge < -0.3 is 10.6 Å². The summed E-state index contributed by atoms with van der Waals surface area (Å²) in [6, 6.07) is 2.59. The number of aromatic nitrogens is 1. The van der Waals surface area contributed by atoms with E-state index in [2.05, 4.69) is 22.5 Å². The molecule has 98 valence electrons. The first kappa shape index (κ1) is 13.0. The lowest BCUT2D eigenvalue weighted by Gasteiger charge is -2.28. The molecule has 2 rings (SSSR count). The van der Waals surface area contributed by atoms with Crippen molar-refractivity contribution in [2.45, 2.75) is 32.2 Å². The van der Waals surface area contributed by atoms with Gasteiger partial charge in [-0.2, -0.15) is 4.39 Å². The number of carbonyl (C=O) groups is 1. The van der Waals surface area contributed by atoms with Crippen LogP contribution in [-0.2, 0) is 4.79 Å². The van der Waals surface area contributed by atoms with Gasteiger partial charge in [0, 0.05) is 0 Å². The number of halogens is 1. The van der Waals surface area contributed by atoms with E-state index in [-0.39, 0.29) is 11.9 Å². The van der Waals surface area contributed by atoms with Crippen molar-refractivity contribution >= 4 is 11.6 Å². The highest BCUT2D eigenvalue weighted by atomic mass is 19.1. The van der Waals surface area contributed by atoms with Crippen LogP contribution in [0, 0.1) is 11.9 Å². The van der Waals surface area contributed by atoms with Crippen LogP contribution >= 0.6 is 0 Å². The van der Waals surface area contributed by atoms with Gasteiger partial charge in [-0.05, 0) is 37.4 Å². The molecule has 1 aliphatic heterocycles. The molecule has 1 aromatic rings. The van der Waals surface area contributed by atoms with Crippen molar-refractivity contribution in [3.63, 3.8) is 0 Å². The molecule has 4 nitrogen and oxygen atoms in total. The summed E-state index contributed by atoms with van der Waals surface area (Å²) < 4.78 is 12.6. The van der Waals surface area contributed by atoms with Gasteiger partial charge in [0.15, 0.2) is 0 Å². The topological polar surface area (TPSA) is 54.0 Å². The number of piperidine rings is 1. The van der Waals surface area contributed by atoms with E-state index in [4.69, 9.17) is 0 Å². The molecule has 0 aromatic carbocycles. The summed E-state index contributed by atoms with van der Waals surface area (Å²) in [4.78, 5) is 15.5. The molecule has 1 aromatic heterocycles. The Bertz CT molecular complexity index is 407. The lowest BCUT2D eigenvalue weighted by atomic mass is 9.90. The van der Waals surface area contributed by atoms with Gasteiger partial charge in [-0.25, -0.2) is 4.98 Å². The Morgan fingerprint density at radius 3 is 3.11 bits per heavy atom. The normalized spacial score (nSPS) is 23.7. The van der Waals surface area contributed by atoms with Crippen molar-refractivity contribution in [2.24, 2.45) is 5.92 Å². The second-order valence-electron chi connectivity index (χ2n) is 4.66. The minimum atomic E-state index is -0.546. The zero-order valence-electron chi connectivity index (χ0n) is 10.4. The number of pyridine rings is 1. The zero-order chi connectivity index (χ0) is 13.0. The average Bonchev–Trinajstić information content (AvgIpc) is 2.41. The summed E-state index contributed by atoms with van der Waals surface area (Å²) in [5.41, 5.74) is 0.529. The third-order valence-corrected chi connectivity index (χ3v) is 3.40. The SMILES string of the molecule is CCC1CCNC(C(=O)Nc2ccc(F)nc2)C1. The largest absolute Gasteiger partial charge is 0.323 e. The maximum atomic E-state index is 12.6. The minimum absolute atomic E-state index is 0.0680. The fourth-order valence-corrected chi connectivity index (χ4v) is 2.25. The van der Waals surface area contributed by atoms with Gasteiger partial charge in [0.1, 0.15) is 0 Å². The van der Waals surface area contributed by atoms with Gasteiger partial charge >= 0.3 is 0 Å². The maximum absolute atomic E-state index is 12.6. The van der Waals surface area contributed by atoms with E-state index in [1.165, 1.54) is 18.3 Å². The predicted octanol–water partition coefficient (Wildman–Crippen LogP) is 1.94. The first-order chi connectivity index (χ1) is 8.69. The van der Waals surface area contributed by atoms with Crippen molar-refractivity contribution in [1.82, 2.24) is 10.3 Å². The molecule has 2 heterocycles. The molecule has 1 aliphatic rings. The number of anilines is 1. The molecule has 0 bridgehead atoms. The first-order valence-corrected chi connectivity index (χ1v) is 6.35. The van der Waals surface area contributed by atoms with Crippen LogP contribution in [0.25, 0.3) is 0 Å². The van der Waals surface area contributed by atoms with Crippen LogP contribution in [-0.4, -0.2) is 23.5 Å². The number of rotatable bonds is 3. The molecule has 2 unspecified atom stereocenters. The molecular formula is C13H18FN3O. The first-order valence-electron chi connectivity index (χ1n) is 6.35. The van der Waals surface area contributed by atoms with Crippen molar-refractivity contribution < 1.29 is 9.18 Å². The fourth-order valence-electron chi connectivity index (χ4n) is 2.25. The molecule has 18 heavy (non-hydrogen) atoms. The Morgan fingerprint density at radius 2 is 2.44 bits per heavy atom. The predicted molar refractivity (Wildman–Crippen MR) is 67.6 cm³/mol. The molecule has 2 atom stereocenters. The van der Waals surface area contributed by atoms with Crippen molar-refractivity contribution in [3.05, 3.63) is 24.3 Å². The van der Waals surface area contributed by atoms with E-state index in [1.54, 1.807) is 0 Å². The van der Waals surface area contributed by atoms with Gasteiger partial charge in [0.25, 0.3) is 0 Å². The lowest BCUT2D eigenvalue weighted by molar-refractivity contribution is -0.119. The summed E-state index contributed by atoms with van der Waals surface area (Å²) in [5.74, 6) is -0.00950. The summed E-state index contributed by atoms with van der Waals surface area (Å²) in [5, 5.41) is 5.96. The summed E-state index contributed by atoms with van der Waals surface area (Å²) in [7, 11) is 0. The van der Waals surface area contributed by atoms with Crippen LogP contribution in [0.3, 0.4) is 0 Å². The second-order valence-corrected chi connectivity index (χ2v) is 4.66. The molecule has 0 spiro atoms. The fraction of sp³-hybridized carbons (Fsp3) is 0.538. The quantitative estimate of drug-likeness (QED) is 0.807. The van der Waals surface area contributed by atoms with E-state index in [9.17, 15) is 9.18 Å². The summed E-state index contributed by atoms with van der Waals surface area (Å²) in [6.45, 7) is 3.02. The molecule has 0 saturated carbocycles. The van der Waals surface area contributed by atoms with Crippen LogP contribution < -0.4 is 10.6 Å². The van der Waals surface area contributed by atoms with Gasteiger partial charge in [-0.1, -0.05) is 13.3 Å². The highest BCUT2D eigenvalue weighted by Gasteiger charge is 2.25. The van der Waals surface area contributed by atoms with Gasteiger partial charge in [-0.15, -0.1) is 0 Å². The maximum Gasteiger partial charge on any atom is 0.241 e. The van der Waals surface area contributed by atoms with Gasteiger partial charge in [-0.3, -0.25) is 4.79 Å². The number of nitrogens with zero attached hydrogens (tertiary/aromatic N) is 1. The molecular weight excluding hydrogens is 233 g/mol. The zero-order valence-corrected chi connectivity index (χ0v) is 10.4. The number of nitrogens with one attached hydrogen (secondary N) is 2. The molecule has 0 aliphatic carbocycles. The van der Waals surface area contributed by atoms with Crippen LogP contribution in [0.4, 0.5) is 10.1 Å². The Kier molecular flexibility index (Phi) is 4.25. The number of hydrogen-bond acceptors (Lipinski definition) is 3. The monoisotopic (exact) mass is 251 g/mol. The third-order valence-electron chi connectivity index (χ3n) is 3.40. The molecule has 5 heteroatoms. The van der Waals surface area contributed by atoms with E-state index in [1.807, 2.05) is 0 Å². The highest BCUT2D eigenvalue weighted by molar-refractivity contribution is 5.94. The molecule has 0 radical (unpaired) electrons. The Hall–Kier alpha value is -1.49. The van der Waals surface area contributed by atoms with Crippen molar-refractivity contribution in [2.75, 3.05) is 11.9 Å². The van der Waals surface area contributed by atoms with E-state index < -0.39 is 5.95 Å². The van der Waals surface area contributed by atoms with Crippen LogP contribution in [0.15, 0.2) is 18.3 Å². The molecule has 1 fully saturated rings.